The first-order chi connectivity index (χ1) is 11.4. The fourth-order valence-electron chi connectivity index (χ4n) is 3.06. The number of ether oxygens (including phenoxy) is 1. The minimum atomic E-state index is -0.0751. The molecule has 0 bridgehead atoms. The Labute approximate surface area is 144 Å². The number of rotatable bonds is 6. The van der Waals surface area contributed by atoms with Crippen LogP contribution in [0.5, 0.6) is 0 Å². The molecule has 2 heterocycles. The minimum absolute atomic E-state index is 0.0751. The van der Waals surface area contributed by atoms with Gasteiger partial charge in [0.15, 0.2) is 0 Å². The van der Waals surface area contributed by atoms with Crippen molar-refractivity contribution in [1.29, 1.82) is 0 Å². The predicted molar refractivity (Wildman–Crippen MR) is 91.9 cm³/mol. The lowest BCUT2D eigenvalue weighted by Crippen LogP contribution is -2.52. The van der Waals surface area contributed by atoms with Crippen molar-refractivity contribution < 1.29 is 14.1 Å². The number of amides is 2. The SMILES string of the molecule is Cc1noc(C)c1CN(C)C(=O)NC[C@@H](C(C)C)N1CCOCC1. The van der Waals surface area contributed by atoms with E-state index in [2.05, 4.69) is 29.2 Å². The second-order valence-electron chi connectivity index (χ2n) is 6.80. The van der Waals surface area contributed by atoms with E-state index in [-0.39, 0.29) is 6.03 Å². The lowest BCUT2D eigenvalue weighted by atomic mass is 10.0. The van der Waals surface area contributed by atoms with Crippen LogP contribution >= 0.6 is 0 Å². The van der Waals surface area contributed by atoms with E-state index in [1.165, 1.54) is 0 Å². The van der Waals surface area contributed by atoms with Gasteiger partial charge in [0, 0.05) is 38.3 Å². The Kier molecular flexibility index (Phi) is 6.62. The predicted octanol–water partition coefficient (Wildman–Crippen LogP) is 1.79. The van der Waals surface area contributed by atoms with E-state index in [1.54, 1.807) is 11.9 Å². The lowest BCUT2D eigenvalue weighted by Gasteiger charge is -2.37. The molecule has 0 spiro atoms. The van der Waals surface area contributed by atoms with Crippen LogP contribution in [0.4, 0.5) is 4.79 Å². The van der Waals surface area contributed by atoms with Gasteiger partial charge in [0.05, 0.1) is 25.5 Å². The molecular formula is C17H30N4O3. The average Bonchev–Trinajstić information content (AvgIpc) is 2.87. The maximum Gasteiger partial charge on any atom is 0.317 e. The number of nitrogens with one attached hydrogen (secondary N) is 1. The number of nitrogens with zero attached hydrogens (tertiary/aromatic N) is 3. The highest BCUT2D eigenvalue weighted by Gasteiger charge is 2.25. The zero-order chi connectivity index (χ0) is 17.7. The van der Waals surface area contributed by atoms with Gasteiger partial charge >= 0.3 is 6.03 Å². The number of carbonyl (C=O) groups excluding carboxylic acids is 1. The third kappa shape index (κ3) is 4.70. The van der Waals surface area contributed by atoms with Crippen LogP contribution in [0.3, 0.4) is 0 Å². The molecule has 0 aromatic carbocycles. The molecule has 7 nitrogen and oxygen atoms in total. The zero-order valence-corrected chi connectivity index (χ0v) is 15.5. The molecule has 0 radical (unpaired) electrons. The van der Waals surface area contributed by atoms with Gasteiger partial charge in [-0.15, -0.1) is 0 Å². The Morgan fingerprint density at radius 1 is 1.33 bits per heavy atom. The van der Waals surface area contributed by atoms with Crippen LogP contribution in [0.2, 0.25) is 0 Å². The normalized spacial score (nSPS) is 17.1. The van der Waals surface area contributed by atoms with Gasteiger partial charge in [-0.1, -0.05) is 19.0 Å². The number of aryl methyl sites for hydroxylation is 2. The Morgan fingerprint density at radius 2 is 2.00 bits per heavy atom. The van der Waals surface area contributed by atoms with Crippen molar-refractivity contribution in [2.45, 2.75) is 40.3 Å². The highest BCUT2D eigenvalue weighted by molar-refractivity contribution is 5.73. The molecule has 1 aromatic rings. The summed E-state index contributed by atoms with van der Waals surface area (Å²) in [7, 11) is 1.79. The first-order valence-electron chi connectivity index (χ1n) is 8.62. The van der Waals surface area contributed by atoms with E-state index in [4.69, 9.17) is 9.26 Å². The van der Waals surface area contributed by atoms with Crippen molar-refractivity contribution in [3.63, 3.8) is 0 Å². The monoisotopic (exact) mass is 338 g/mol. The molecule has 0 aliphatic carbocycles. The summed E-state index contributed by atoms with van der Waals surface area (Å²) in [5.41, 5.74) is 1.81. The van der Waals surface area contributed by atoms with Crippen molar-refractivity contribution in [1.82, 2.24) is 20.3 Å². The second-order valence-corrected chi connectivity index (χ2v) is 6.80. The van der Waals surface area contributed by atoms with E-state index in [1.807, 2.05) is 13.8 Å². The summed E-state index contributed by atoms with van der Waals surface area (Å²) in [5.74, 6) is 1.23. The Morgan fingerprint density at radius 3 is 2.54 bits per heavy atom. The largest absolute Gasteiger partial charge is 0.379 e. The average molecular weight is 338 g/mol. The molecule has 0 saturated carbocycles. The van der Waals surface area contributed by atoms with Crippen molar-refractivity contribution in [3.05, 3.63) is 17.0 Å². The van der Waals surface area contributed by atoms with Gasteiger partial charge in [-0.2, -0.15) is 0 Å². The van der Waals surface area contributed by atoms with Crippen LogP contribution in [0.25, 0.3) is 0 Å². The molecular weight excluding hydrogens is 308 g/mol. The number of carbonyl (C=O) groups is 1. The molecule has 24 heavy (non-hydrogen) atoms. The molecule has 0 unspecified atom stereocenters. The molecule has 136 valence electrons. The van der Waals surface area contributed by atoms with Gasteiger partial charge < -0.3 is 19.5 Å². The van der Waals surface area contributed by atoms with Crippen LogP contribution in [0, 0.1) is 19.8 Å². The van der Waals surface area contributed by atoms with Gasteiger partial charge in [0.2, 0.25) is 0 Å². The smallest absolute Gasteiger partial charge is 0.317 e. The number of hydrogen-bond donors (Lipinski definition) is 1. The third-order valence-electron chi connectivity index (χ3n) is 4.67. The molecule has 1 aliphatic heterocycles. The van der Waals surface area contributed by atoms with Crippen LogP contribution in [0.1, 0.15) is 30.9 Å². The molecule has 1 aromatic heterocycles. The quantitative estimate of drug-likeness (QED) is 0.856. The van der Waals surface area contributed by atoms with Gasteiger partial charge in [-0.3, -0.25) is 4.90 Å². The molecule has 2 rings (SSSR count). The van der Waals surface area contributed by atoms with E-state index in [0.29, 0.717) is 25.0 Å². The Balaban J connectivity index is 1.88. The van der Waals surface area contributed by atoms with Gasteiger partial charge in [0.25, 0.3) is 0 Å². The number of hydrogen-bond acceptors (Lipinski definition) is 5. The second kappa shape index (κ2) is 8.48. The summed E-state index contributed by atoms with van der Waals surface area (Å²) in [6, 6.07) is 0.249. The fraction of sp³-hybridized carbons (Fsp3) is 0.765. The van der Waals surface area contributed by atoms with Gasteiger partial charge in [0.1, 0.15) is 5.76 Å². The van der Waals surface area contributed by atoms with Crippen LogP contribution < -0.4 is 5.32 Å². The first kappa shape index (κ1) is 18.7. The Hall–Kier alpha value is -1.60. The highest BCUT2D eigenvalue weighted by Crippen LogP contribution is 2.15. The molecule has 2 amide bonds. The van der Waals surface area contributed by atoms with Crippen molar-refractivity contribution in [2.75, 3.05) is 39.9 Å². The van der Waals surface area contributed by atoms with Crippen LogP contribution in [-0.4, -0.2) is 66.9 Å². The third-order valence-corrected chi connectivity index (χ3v) is 4.67. The molecule has 1 aliphatic rings. The summed E-state index contributed by atoms with van der Waals surface area (Å²) < 4.78 is 10.6. The van der Waals surface area contributed by atoms with E-state index >= 15 is 0 Å². The maximum absolute atomic E-state index is 12.4. The van der Waals surface area contributed by atoms with Crippen molar-refractivity contribution in [3.8, 4) is 0 Å². The first-order valence-corrected chi connectivity index (χ1v) is 8.62. The van der Waals surface area contributed by atoms with Gasteiger partial charge in [-0.05, 0) is 19.8 Å². The lowest BCUT2D eigenvalue weighted by molar-refractivity contribution is 0.00697. The van der Waals surface area contributed by atoms with Crippen molar-refractivity contribution >= 4 is 6.03 Å². The Bertz CT molecular complexity index is 518. The topological polar surface area (TPSA) is 70.8 Å². The van der Waals surface area contributed by atoms with Crippen molar-refractivity contribution in [2.24, 2.45) is 5.92 Å². The standard InChI is InChI=1S/C17H30N4O3/c1-12(2)16(21-6-8-23-9-7-21)10-18-17(22)20(5)11-15-13(3)19-24-14(15)4/h12,16H,6-11H2,1-5H3,(H,18,22)/t16-/m0/s1. The van der Waals surface area contributed by atoms with E-state index in [9.17, 15) is 4.79 Å². The van der Waals surface area contributed by atoms with E-state index < -0.39 is 0 Å². The van der Waals surface area contributed by atoms with E-state index in [0.717, 1.165) is 43.3 Å². The molecule has 1 N–H and O–H groups in total. The zero-order valence-electron chi connectivity index (χ0n) is 15.5. The number of morpholine rings is 1. The minimum Gasteiger partial charge on any atom is -0.379 e. The number of urea groups is 1. The highest BCUT2D eigenvalue weighted by atomic mass is 16.5. The summed E-state index contributed by atoms with van der Waals surface area (Å²) in [6.45, 7) is 12.7. The van der Waals surface area contributed by atoms with Gasteiger partial charge in [-0.25, -0.2) is 4.79 Å². The summed E-state index contributed by atoms with van der Waals surface area (Å²) in [6.07, 6.45) is 0. The number of aromatic nitrogens is 1. The molecule has 1 fully saturated rings. The fourth-order valence-corrected chi connectivity index (χ4v) is 3.06. The molecule has 1 atom stereocenters. The molecule has 1 saturated heterocycles. The summed E-state index contributed by atoms with van der Waals surface area (Å²) in [4.78, 5) is 16.5. The molecule has 7 heteroatoms. The van der Waals surface area contributed by atoms with Crippen LogP contribution in [0.15, 0.2) is 4.52 Å². The summed E-state index contributed by atoms with van der Waals surface area (Å²) >= 11 is 0. The summed E-state index contributed by atoms with van der Waals surface area (Å²) in [5, 5.41) is 7.00. The maximum atomic E-state index is 12.4. The van der Waals surface area contributed by atoms with Crippen LogP contribution in [-0.2, 0) is 11.3 Å².